The average molecular weight is 374 g/mol. The van der Waals surface area contributed by atoms with Gasteiger partial charge in [0.25, 0.3) is 5.91 Å². The second kappa shape index (κ2) is 7.98. The van der Waals surface area contributed by atoms with Crippen molar-refractivity contribution in [2.24, 2.45) is 0 Å². The van der Waals surface area contributed by atoms with E-state index in [0.29, 0.717) is 11.6 Å². The van der Waals surface area contributed by atoms with Gasteiger partial charge in [-0.3, -0.25) is 4.79 Å². The van der Waals surface area contributed by atoms with Crippen molar-refractivity contribution in [1.29, 1.82) is 0 Å². The molecule has 3 aromatic rings. The lowest BCUT2D eigenvalue weighted by Crippen LogP contribution is -2.36. The first kappa shape index (κ1) is 18.4. The lowest BCUT2D eigenvalue weighted by Gasteiger charge is -2.23. The highest BCUT2D eigenvalue weighted by Gasteiger charge is 2.29. The van der Waals surface area contributed by atoms with Crippen LogP contribution >= 0.6 is 0 Å². The average Bonchev–Trinajstić information content (AvgIpc) is 3.46. The first-order valence-electron chi connectivity index (χ1n) is 9.78. The highest BCUT2D eigenvalue weighted by molar-refractivity contribution is 5.93. The predicted molar refractivity (Wildman–Crippen MR) is 111 cm³/mol. The predicted octanol–water partition coefficient (Wildman–Crippen LogP) is 3.78. The largest absolute Gasteiger partial charge is 0.343 e. The first-order chi connectivity index (χ1) is 13.6. The van der Waals surface area contributed by atoms with Crippen molar-refractivity contribution in [2.75, 3.05) is 20.6 Å². The number of aromatic nitrogens is 2. The molecule has 1 atom stereocenters. The molecule has 1 aliphatic rings. The molecule has 0 radical (unpaired) electrons. The van der Waals surface area contributed by atoms with E-state index in [4.69, 9.17) is 5.10 Å². The number of hydrogen-bond acceptors (Lipinski definition) is 3. The molecule has 5 nitrogen and oxygen atoms in total. The second-order valence-corrected chi connectivity index (χ2v) is 7.68. The fourth-order valence-corrected chi connectivity index (χ4v) is 3.42. The summed E-state index contributed by atoms with van der Waals surface area (Å²) in [5.74, 6) is 0.391. The Balaban J connectivity index is 1.64. The molecule has 1 aromatic heterocycles. The fraction of sp³-hybridized carbons (Fsp3) is 0.304. The van der Waals surface area contributed by atoms with Gasteiger partial charge in [-0.1, -0.05) is 48.5 Å². The molecule has 144 valence electrons. The van der Waals surface area contributed by atoms with E-state index in [2.05, 4.69) is 22.3 Å². The molecule has 1 heterocycles. The van der Waals surface area contributed by atoms with Crippen molar-refractivity contribution >= 4 is 5.91 Å². The summed E-state index contributed by atoms with van der Waals surface area (Å²) in [7, 11) is 4.03. The Morgan fingerprint density at radius 2 is 1.75 bits per heavy atom. The van der Waals surface area contributed by atoms with E-state index in [1.807, 2.05) is 68.7 Å². The normalized spacial score (nSPS) is 14.8. The van der Waals surface area contributed by atoms with Crippen molar-refractivity contribution in [1.82, 2.24) is 20.0 Å². The summed E-state index contributed by atoms with van der Waals surface area (Å²) in [6, 6.07) is 21.8. The Kier molecular flexibility index (Phi) is 5.26. The molecule has 1 aliphatic carbocycles. The van der Waals surface area contributed by atoms with Crippen LogP contribution in [-0.2, 0) is 0 Å². The topological polar surface area (TPSA) is 50.2 Å². The number of amides is 1. The quantitative estimate of drug-likeness (QED) is 0.685. The van der Waals surface area contributed by atoms with Gasteiger partial charge in [-0.05, 0) is 50.7 Å². The summed E-state index contributed by atoms with van der Waals surface area (Å²) < 4.78 is 1.78. The molecule has 0 bridgehead atoms. The van der Waals surface area contributed by atoms with E-state index in [-0.39, 0.29) is 11.9 Å². The van der Waals surface area contributed by atoms with Gasteiger partial charge in [0.1, 0.15) is 5.69 Å². The van der Waals surface area contributed by atoms with Crippen molar-refractivity contribution in [3.8, 4) is 5.69 Å². The van der Waals surface area contributed by atoms with E-state index in [0.717, 1.165) is 36.3 Å². The van der Waals surface area contributed by atoms with Crippen molar-refractivity contribution in [2.45, 2.75) is 24.8 Å². The van der Waals surface area contributed by atoms with Crippen LogP contribution in [0.5, 0.6) is 0 Å². The van der Waals surface area contributed by atoms with E-state index < -0.39 is 0 Å². The maximum absolute atomic E-state index is 13.3. The maximum Gasteiger partial charge on any atom is 0.270 e. The van der Waals surface area contributed by atoms with Gasteiger partial charge in [-0.25, -0.2) is 4.68 Å². The highest BCUT2D eigenvalue weighted by atomic mass is 16.2. The molecule has 4 rings (SSSR count). The molecular formula is C23H26N4O. The van der Waals surface area contributed by atoms with Crippen molar-refractivity contribution in [3.63, 3.8) is 0 Å². The molecule has 28 heavy (non-hydrogen) atoms. The molecular weight excluding hydrogens is 348 g/mol. The zero-order valence-corrected chi connectivity index (χ0v) is 16.4. The van der Waals surface area contributed by atoms with Crippen molar-refractivity contribution in [3.05, 3.63) is 83.7 Å². The number of nitrogens with one attached hydrogen (secondary N) is 1. The first-order valence-corrected chi connectivity index (χ1v) is 9.78. The number of para-hydroxylation sites is 1. The van der Waals surface area contributed by atoms with Crippen LogP contribution in [-0.4, -0.2) is 41.2 Å². The van der Waals surface area contributed by atoms with Crippen LogP contribution in [0.1, 0.15) is 46.5 Å². The van der Waals surface area contributed by atoms with E-state index in [1.165, 1.54) is 0 Å². The van der Waals surface area contributed by atoms with Gasteiger partial charge in [0.2, 0.25) is 0 Å². The minimum atomic E-state index is -0.0982. The van der Waals surface area contributed by atoms with Crippen LogP contribution in [0.2, 0.25) is 0 Å². The third-order valence-corrected chi connectivity index (χ3v) is 5.01. The third-order valence-electron chi connectivity index (χ3n) is 5.01. The molecule has 1 saturated carbocycles. The number of carbonyl (C=O) groups excluding carboxylic acids is 1. The van der Waals surface area contributed by atoms with E-state index >= 15 is 0 Å². The Hall–Kier alpha value is -2.92. The standard InChI is InChI=1S/C23H26N4O/c1-26(2)16-21(17-9-5-3-6-10-17)24-23(28)22-15-20(18-13-14-18)25-27(22)19-11-7-4-8-12-19/h3-12,15,18,21H,13-14,16H2,1-2H3,(H,24,28). The van der Waals surface area contributed by atoms with Crippen LogP contribution in [0.4, 0.5) is 0 Å². The van der Waals surface area contributed by atoms with Gasteiger partial charge in [0, 0.05) is 12.5 Å². The van der Waals surface area contributed by atoms with Gasteiger partial charge in [0.05, 0.1) is 17.4 Å². The number of likely N-dealkylation sites (N-methyl/N-ethyl adjacent to an activating group) is 1. The van der Waals surface area contributed by atoms with Crippen LogP contribution in [0.15, 0.2) is 66.7 Å². The Labute approximate surface area is 166 Å². The second-order valence-electron chi connectivity index (χ2n) is 7.68. The number of benzene rings is 2. The SMILES string of the molecule is CN(C)CC(NC(=O)c1cc(C2CC2)nn1-c1ccccc1)c1ccccc1. The lowest BCUT2D eigenvalue weighted by atomic mass is 10.1. The summed E-state index contributed by atoms with van der Waals surface area (Å²) in [5, 5.41) is 7.97. The number of carbonyl (C=O) groups is 1. The fourth-order valence-electron chi connectivity index (χ4n) is 3.42. The summed E-state index contributed by atoms with van der Waals surface area (Å²) in [6.07, 6.45) is 2.31. The van der Waals surface area contributed by atoms with E-state index in [9.17, 15) is 4.79 Å². The van der Waals surface area contributed by atoms with Crippen LogP contribution in [0.3, 0.4) is 0 Å². The van der Waals surface area contributed by atoms with Crippen LogP contribution in [0, 0.1) is 0 Å². The minimum Gasteiger partial charge on any atom is -0.343 e. The summed E-state index contributed by atoms with van der Waals surface area (Å²) in [6.45, 7) is 0.727. The molecule has 1 fully saturated rings. The third kappa shape index (κ3) is 4.15. The van der Waals surface area contributed by atoms with Gasteiger partial charge < -0.3 is 10.2 Å². The molecule has 0 spiro atoms. The van der Waals surface area contributed by atoms with E-state index in [1.54, 1.807) is 4.68 Å². The van der Waals surface area contributed by atoms with Gasteiger partial charge in [-0.2, -0.15) is 5.10 Å². The summed E-state index contributed by atoms with van der Waals surface area (Å²) >= 11 is 0. The summed E-state index contributed by atoms with van der Waals surface area (Å²) in [5.41, 5.74) is 3.60. The molecule has 1 unspecified atom stereocenters. The number of nitrogens with zero attached hydrogens (tertiary/aromatic N) is 3. The Bertz CT molecular complexity index is 930. The number of rotatable bonds is 7. The molecule has 1 N–H and O–H groups in total. The van der Waals surface area contributed by atoms with Crippen LogP contribution < -0.4 is 5.32 Å². The van der Waals surface area contributed by atoms with Crippen molar-refractivity contribution < 1.29 is 4.79 Å². The molecule has 0 saturated heterocycles. The maximum atomic E-state index is 13.3. The molecule has 2 aromatic carbocycles. The lowest BCUT2D eigenvalue weighted by molar-refractivity contribution is 0.0922. The Morgan fingerprint density at radius 3 is 2.36 bits per heavy atom. The van der Waals surface area contributed by atoms with Gasteiger partial charge >= 0.3 is 0 Å². The zero-order chi connectivity index (χ0) is 19.5. The highest BCUT2D eigenvalue weighted by Crippen LogP contribution is 2.39. The summed E-state index contributed by atoms with van der Waals surface area (Å²) in [4.78, 5) is 15.4. The van der Waals surface area contributed by atoms with Crippen LogP contribution in [0.25, 0.3) is 5.69 Å². The minimum absolute atomic E-state index is 0.0906. The smallest absolute Gasteiger partial charge is 0.270 e. The zero-order valence-electron chi connectivity index (χ0n) is 16.4. The molecule has 1 amide bonds. The number of hydrogen-bond donors (Lipinski definition) is 1. The molecule has 0 aliphatic heterocycles. The molecule has 5 heteroatoms. The monoisotopic (exact) mass is 374 g/mol. The van der Waals surface area contributed by atoms with Gasteiger partial charge in [-0.15, -0.1) is 0 Å². The van der Waals surface area contributed by atoms with Gasteiger partial charge in [0.15, 0.2) is 0 Å². The Morgan fingerprint density at radius 1 is 1.11 bits per heavy atom.